The molecular formula is C18H23N3O2S3. The molecule has 0 aromatic carbocycles. The van der Waals surface area contributed by atoms with Gasteiger partial charge in [0.2, 0.25) is 5.91 Å². The smallest absolute Gasteiger partial charge is 0.230 e. The summed E-state index contributed by atoms with van der Waals surface area (Å²) in [6.45, 7) is 1.43. The van der Waals surface area contributed by atoms with E-state index in [4.69, 9.17) is 14.7 Å². The number of carbonyl (C=O) groups excluding carboxylic acids is 1. The first-order valence-electron chi connectivity index (χ1n) is 9.12. The molecule has 1 N–H and O–H groups in total. The van der Waals surface area contributed by atoms with Crippen LogP contribution in [0.1, 0.15) is 36.1 Å². The molecular weight excluding hydrogens is 386 g/mol. The number of carbonyl (C=O) groups is 1. The molecule has 5 nitrogen and oxygen atoms in total. The highest BCUT2D eigenvalue weighted by atomic mass is 32.2. The lowest BCUT2D eigenvalue weighted by atomic mass is 9.98. The van der Waals surface area contributed by atoms with Crippen molar-refractivity contribution in [3.05, 3.63) is 10.4 Å². The number of rotatable bonds is 6. The van der Waals surface area contributed by atoms with Crippen LogP contribution in [-0.4, -0.2) is 47.1 Å². The fourth-order valence-electron chi connectivity index (χ4n) is 3.48. The average Bonchev–Trinajstić information content (AvgIpc) is 3.31. The van der Waals surface area contributed by atoms with Crippen LogP contribution in [0.2, 0.25) is 0 Å². The van der Waals surface area contributed by atoms with Gasteiger partial charge in [-0.15, -0.1) is 11.3 Å². The molecule has 3 heterocycles. The fraction of sp³-hybridized carbons (Fsp3) is 0.611. The summed E-state index contributed by atoms with van der Waals surface area (Å²) < 4.78 is 6.72. The molecule has 0 bridgehead atoms. The zero-order valence-corrected chi connectivity index (χ0v) is 17.3. The maximum Gasteiger partial charge on any atom is 0.230 e. The van der Waals surface area contributed by atoms with Gasteiger partial charge in [-0.1, -0.05) is 23.5 Å². The van der Waals surface area contributed by atoms with E-state index in [1.54, 1.807) is 11.8 Å². The van der Waals surface area contributed by atoms with Gasteiger partial charge in [-0.2, -0.15) is 0 Å². The van der Waals surface area contributed by atoms with Gasteiger partial charge >= 0.3 is 0 Å². The molecule has 1 aliphatic carbocycles. The summed E-state index contributed by atoms with van der Waals surface area (Å²) >= 11 is 4.92. The molecule has 2 aromatic rings. The number of hydrogen-bond donors (Lipinski definition) is 1. The predicted molar refractivity (Wildman–Crippen MR) is 109 cm³/mol. The van der Waals surface area contributed by atoms with Crippen molar-refractivity contribution in [2.45, 2.75) is 54.8 Å². The number of aryl methyl sites for hydroxylation is 2. The topological polar surface area (TPSA) is 64.1 Å². The largest absolute Gasteiger partial charge is 0.376 e. The van der Waals surface area contributed by atoms with E-state index in [0.29, 0.717) is 12.3 Å². The van der Waals surface area contributed by atoms with Gasteiger partial charge in [0.1, 0.15) is 5.03 Å². The Balaban J connectivity index is 1.48. The van der Waals surface area contributed by atoms with Crippen LogP contribution >= 0.6 is 34.9 Å². The van der Waals surface area contributed by atoms with Crippen molar-refractivity contribution in [1.82, 2.24) is 15.3 Å². The highest BCUT2D eigenvalue weighted by Crippen LogP contribution is 2.40. The molecule has 26 heavy (non-hydrogen) atoms. The Bertz CT molecular complexity index is 803. The van der Waals surface area contributed by atoms with Crippen LogP contribution in [0.3, 0.4) is 0 Å². The van der Waals surface area contributed by atoms with E-state index >= 15 is 0 Å². The molecule has 0 radical (unpaired) electrons. The van der Waals surface area contributed by atoms with Crippen LogP contribution in [0.15, 0.2) is 10.2 Å². The molecule has 1 fully saturated rings. The first-order valence-corrected chi connectivity index (χ1v) is 12.1. The summed E-state index contributed by atoms with van der Waals surface area (Å²) in [7, 11) is 0. The molecule has 1 saturated heterocycles. The van der Waals surface area contributed by atoms with Gasteiger partial charge in [0.05, 0.1) is 22.1 Å². The Hall–Kier alpha value is -0.830. The molecule has 8 heteroatoms. The molecule has 0 spiro atoms. The molecule has 4 rings (SSSR count). The van der Waals surface area contributed by atoms with Gasteiger partial charge in [-0.25, -0.2) is 9.97 Å². The summed E-state index contributed by atoms with van der Waals surface area (Å²) in [6.07, 6.45) is 9.09. The van der Waals surface area contributed by atoms with Gasteiger partial charge in [0.15, 0.2) is 5.16 Å². The Morgan fingerprint density at radius 3 is 3.00 bits per heavy atom. The summed E-state index contributed by atoms with van der Waals surface area (Å²) in [5.41, 5.74) is 2.53. The molecule has 0 unspecified atom stereocenters. The second-order valence-electron chi connectivity index (χ2n) is 6.63. The monoisotopic (exact) mass is 409 g/mol. The van der Waals surface area contributed by atoms with Crippen LogP contribution in [-0.2, 0) is 22.4 Å². The Labute approximate surface area is 166 Å². The molecule has 0 saturated carbocycles. The zero-order chi connectivity index (χ0) is 17.9. The average molecular weight is 410 g/mol. The highest BCUT2D eigenvalue weighted by molar-refractivity contribution is 8.00. The second kappa shape index (κ2) is 8.46. The third-order valence-corrected chi connectivity index (χ3v) is 7.76. The van der Waals surface area contributed by atoms with E-state index in [1.807, 2.05) is 17.6 Å². The Kier molecular flexibility index (Phi) is 6.03. The van der Waals surface area contributed by atoms with E-state index < -0.39 is 0 Å². The maximum absolute atomic E-state index is 12.2. The first-order chi connectivity index (χ1) is 12.7. The molecule has 1 amide bonds. The number of nitrogens with zero attached hydrogens (tertiary/aromatic N) is 2. The summed E-state index contributed by atoms with van der Waals surface area (Å²) in [6, 6.07) is 0. The molecule has 2 aliphatic rings. The summed E-state index contributed by atoms with van der Waals surface area (Å²) in [5.74, 6) is 0.430. The van der Waals surface area contributed by atoms with Gasteiger partial charge in [0.25, 0.3) is 0 Å². The number of thioether (sulfide) groups is 2. The van der Waals surface area contributed by atoms with Gasteiger partial charge in [0, 0.05) is 18.0 Å². The number of hydrogen-bond acceptors (Lipinski definition) is 7. The number of thiophene rings is 1. The predicted octanol–water partition coefficient (Wildman–Crippen LogP) is 3.68. The number of aromatic nitrogens is 2. The standard InChI is InChI=1S/C18H23N3O2S3/c1-24-18-20-15-12-6-2-3-7-13(12)26-16(15)17(21-18)25-10-14(22)19-9-11-5-4-8-23-11/h11H,2-10H2,1H3,(H,19,22)/t11-/m1/s1. The van der Waals surface area contributed by atoms with Crippen molar-refractivity contribution in [3.8, 4) is 0 Å². The summed E-state index contributed by atoms with van der Waals surface area (Å²) in [5, 5.41) is 4.74. The third kappa shape index (κ3) is 4.03. The van der Waals surface area contributed by atoms with Crippen molar-refractivity contribution in [2.75, 3.05) is 25.2 Å². The van der Waals surface area contributed by atoms with E-state index in [-0.39, 0.29) is 12.0 Å². The van der Waals surface area contributed by atoms with E-state index in [2.05, 4.69) is 5.32 Å². The zero-order valence-electron chi connectivity index (χ0n) is 14.9. The van der Waals surface area contributed by atoms with Crippen LogP contribution in [0.4, 0.5) is 0 Å². The second-order valence-corrected chi connectivity index (χ2v) is 9.47. The molecule has 1 atom stereocenters. The van der Waals surface area contributed by atoms with Gasteiger partial charge < -0.3 is 10.1 Å². The lowest BCUT2D eigenvalue weighted by Crippen LogP contribution is -2.32. The number of nitrogens with one attached hydrogen (secondary N) is 1. The lowest BCUT2D eigenvalue weighted by molar-refractivity contribution is -0.119. The minimum absolute atomic E-state index is 0.0456. The fourth-order valence-corrected chi connectivity index (χ4v) is 6.16. The third-order valence-electron chi connectivity index (χ3n) is 4.82. The van der Waals surface area contributed by atoms with Crippen molar-refractivity contribution in [2.24, 2.45) is 0 Å². The Morgan fingerprint density at radius 1 is 1.31 bits per heavy atom. The highest BCUT2D eigenvalue weighted by Gasteiger charge is 2.22. The normalized spacial score (nSPS) is 19.7. The van der Waals surface area contributed by atoms with Crippen LogP contribution < -0.4 is 5.32 Å². The van der Waals surface area contributed by atoms with Crippen molar-refractivity contribution < 1.29 is 9.53 Å². The molecule has 1 aliphatic heterocycles. The maximum atomic E-state index is 12.2. The van der Waals surface area contributed by atoms with Crippen LogP contribution in [0, 0.1) is 0 Å². The van der Waals surface area contributed by atoms with Crippen molar-refractivity contribution >= 4 is 51.0 Å². The first kappa shape index (κ1) is 18.5. The van der Waals surface area contributed by atoms with Crippen LogP contribution in [0.25, 0.3) is 10.2 Å². The van der Waals surface area contributed by atoms with Crippen molar-refractivity contribution in [3.63, 3.8) is 0 Å². The quantitative estimate of drug-likeness (QED) is 0.446. The van der Waals surface area contributed by atoms with Gasteiger partial charge in [-0.3, -0.25) is 4.79 Å². The number of amides is 1. The van der Waals surface area contributed by atoms with Crippen LogP contribution in [0.5, 0.6) is 0 Å². The SMILES string of the molecule is CSc1nc(SCC(=O)NC[C@H]2CCCO2)c2sc3c(c2n1)CCCC3. The van der Waals surface area contributed by atoms with Crippen molar-refractivity contribution in [1.29, 1.82) is 0 Å². The Morgan fingerprint density at radius 2 is 2.19 bits per heavy atom. The number of fused-ring (bicyclic) bond motifs is 3. The number of ether oxygens (including phenoxy) is 1. The molecule has 2 aromatic heterocycles. The minimum atomic E-state index is 0.0456. The molecule has 140 valence electrons. The minimum Gasteiger partial charge on any atom is -0.376 e. The lowest BCUT2D eigenvalue weighted by Gasteiger charge is -2.11. The summed E-state index contributed by atoms with van der Waals surface area (Å²) in [4.78, 5) is 23.2. The van der Waals surface area contributed by atoms with E-state index in [1.165, 1.54) is 35.0 Å². The van der Waals surface area contributed by atoms with Gasteiger partial charge in [-0.05, 0) is 50.3 Å². The van der Waals surface area contributed by atoms with E-state index in [9.17, 15) is 4.79 Å². The van der Waals surface area contributed by atoms with E-state index in [0.717, 1.165) is 52.7 Å².